The second-order valence-electron chi connectivity index (χ2n) is 14.1. The molecule has 4 aromatic rings. The number of aliphatic hydroxyl groups is 1. The lowest BCUT2D eigenvalue weighted by molar-refractivity contribution is -0.150. The Bertz CT molecular complexity index is 1860. The molecule has 9 heteroatoms. The van der Waals surface area contributed by atoms with Gasteiger partial charge < -0.3 is 24.2 Å². The van der Waals surface area contributed by atoms with Gasteiger partial charge in [-0.1, -0.05) is 79.8 Å². The number of anilines is 2. The van der Waals surface area contributed by atoms with Crippen LogP contribution in [0.3, 0.4) is 0 Å². The molecule has 0 aliphatic carbocycles. The number of hydrogen-bond donors (Lipinski definition) is 1. The molecular weight excluding hydrogens is 633 g/mol. The molecule has 49 heavy (non-hydrogen) atoms. The monoisotopic (exact) mass is 676 g/mol. The van der Waals surface area contributed by atoms with Gasteiger partial charge in [-0.15, -0.1) is 0 Å². The Morgan fingerprint density at radius 1 is 0.918 bits per heavy atom. The van der Waals surface area contributed by atoms with Crippen molar-refractivity contribution >= 4 is 36.4 Å². The fourth-order valence-corrected chi connectivity index (χ4v) is 12.7. The Labute approximate surface area is 289 Å². The number of carbonyl (C=O) groups is 2. The van der Waals surface area contributed by atoms with Crippen LogP contribution in [0.4, 0.5) is 11.4 Å². The maximum atomic E-state index is 15.1. The standard InChI is InChI=1S/C40H44N2O6Si/c1-26-38(49(4,5)33-18-15-31(46-2)16-19-33)36(23-37(44)41-24-28-12-10-9-11-27(28)21-30(41)25-43)48-40(26)34-22-32(47-3)17-20-35(34)42(39(40)45)29-13-7-6-8-14-29/h6-20,22,26,30,36,38,43H,21,23-25H2,1-5H3/t26-,30+,36+,38-,40+/m1/s1. The number of nitrogens with zero attached hydrogens (tertiary/aromatic N) is 2. The maximum absolute atomic E-state index is 15.1. The molecule has 7 rings (SSSR count). The number of carbonyl (C=O) groups excluding carboxylic acids is 2. The molecule has 254 valence electrons. The minimum Gasteiger partial charge on any atom is -0.497 e. The highest BCUT2D eigenvalue weighted by Gasteiger charge is 2.67. The van der Waals surface area contributed by atoms with E-state index in [1.807, 2.05) is 77.7 Å². The molecule has 0 radical (unpaired) electrons. The molecule has 1 spiro atoms. The van der Waals surface area contributed by atoms with E-state index in [9.17, 15) is 9.90 Å². The first-order chi connectivity index (χ1) is 23.6. The van der Waals surface area contributed by atoms with E-state index in [4.69, 9.17) is 14.2 Å². The fraction of sp³-hybridized carbons (Fsp3) is 0.350. The summed E-state index contributed by atoms with van der Waals surface area (Å²) in [5.41, 5.74) is 3.06. The van der Waals surface area contributed by atoms with E-state index in [2.05, 4.69) is 44.3 Å². The van der Waals surface area contributed by atoms with E-state index in [1.54, 1.807) is 19.1 Å². The lowest BCUT2D eigenvalue weighted by atomic mass is 9.82. The van der Waals surface area contributed by atoms with Crippen molar-refractivity contribution in [2.75, 3.05) is 25.7 Å². The Balaban J connectivity index is 1.33. The van der Waals surface area contributed by atoms with Gasteiger partial charge >= 0.3 is 0 Å². The van der Waals surface area contributed by atoms with Crippen LogP contribution in [-0.2, 0) is 32.9 Å². The highest BCUT2D eigenvalue weighted by molar-refractivity contribution is 6.91. The molecule has 3 aliphatic rings. The van der Waals surface area contributed by atoms with E-state index >= 15 is 4.79 Å². The van der Waals surface area contributed by atoms with E-state index in [1.165, 1.54) is 5.19 Å². The number of benzene rings is 4. The molecule has 5 atom stereocenters. The van der Waals surface area contributed by atoms with Gasteiger partial charge in [0.2, 0.25) is 5.91 Å². The third-order valence-corrected chi connectivity index (χ3v) is 15.6. The average Bonchev–Trinajstić information content (AvgIpc) is 3.56. The topological polar surface area (TPSA) is 88.5 Å². The van der Waals surface area contributed by atoms with Crippen molar-refractivity contribution in [2.24, 2.45) is 5.92 Å². The van der Waals surface area contributed by atoms with E-state index in [0.29, 0.717) is 18.7 Å². The molecule has 8 nitrogen and oxygen atoms in total. The van der Waals surface area contributed by atoms with Crippen LogP contribution < -0.4 is 19.6 Å². The molecule has 4 aromatic carbocycles. The zero-order chi connectivity index (χ0) is 34.5. The Morgan fingerprint density at radius 2 is 1.57 bits per heavy atom. The van der Waals surface area contributed by atoms with E-state index < -0.39 is 19.8 Å². The molecule has 3 aliphatic heterocycles. The second kappa shape index (κ2) is 12.8. The second-order valence-corrected chi connectivity index (χ2v) is 18.7. The van der Waals surface area contributed by atoms with Crippen molar-refractivity contribution in [1.82, 2.24) is 4.90 Å². The van der Waals surface area contributed by atoms with Crippen LogP contribution in [0.2, 0.25) is 18.6 Å². The van der Waals surface area contributed by atoms with Gasteiger partial charge in [0.1, 0.15) is 11.5 Å². The van der Waals surface area contributed by atoms with Gasteiger partial charge in [0.05, 0.1) is 53.2 Å². The molecule has 1 fully saturated rings. The molecule has 1 N–H and O–H groups in total. The smallest absolute Gasteiger partial charge is 0.268 e. The summed E-state index contributed by atoms with van der Waals surface area (Å²) >= 11 is 0. The van der Waals surface area contributed by atoms with Gasteiger partial charge in [0, 0.05) is 23.7 Å². The van der Waals surface area contributed by atoms with Gasteiger partial charge in [-0.2, -0.15) is 0 Å². The highest BCUT2D eigenvalue weighted by Crippen LogP contribution is 2.61. The third kappa shape index (κ3) is 5.35. The Hall–Kier alpha value is -4.44. The van der Waals surface area contributed by atoms with Gasteiger partial charge in [-0.25, -0.2) is 0 Å². The van der Waals surface area contributed by atoms with Crippen molar-refractivity contribution < 1.29 is 28.9 Å². The SMILES string of the molecule is COc1ccc([Si](C)(C)[C@H]2[C@H](CC(=O)N3Cc4ccccc4C[C@H]3CO)O[C@@]3(C(=O)N(c4ccccc4)c4ccc(OC)cc43)[C@@H]2C)cc1. The lowest BCUT2D eigenvalue weighted by Crippen LogP contribution is -2.52. The van der Waals surface area contributed by atoms with E-state index in [0.717, 1.165) is 33.8 Å². The van der Waals surface area contributed by atoms with Crippen LogP contribution in [0.5, 0.6) is 11.5 Å². The Morgan fingerprint density at radius 3 is 2.24 bits per heavy atom. The van der Waals surface area contributed by atoms with Crippen LogP contribution in [0, 0.1) is 5.92 Å². The number of methoxy groups -OCH3 is 2. The van der Waals surface area contributed by atoms with Crippen molar-refractivity contribution in [3.8, 4) is 11.5 Å². The first-order valence-corrected chi connectivity index (χ1v) is 20.1. The number of hydrogen-bond acceptors (Lipinski definition) is 6. The largest absolute Gasteiger partial charge is 0.497 e. The summed E-state index contributed by atoms with van der Waals surface area (Å²) in [7, 11) is 0.802. The first-order valence-electron chi connectivity index (χ1n) is 17.0. The van der Waals surface area contributed by atoms with Crippen LogP contribution >= 0.6 is 0 Å². The molecule has 3 heterocycles. The molecule has 1 saturated heterocycles. The fourth-order valence-electron chi connectivity index (χ4n) is 8.71. The molecular formula is C40H44N2O6Si. The zero-order valence-corrected chi connectivity index (χ0v) is 29.8. The predicted octanol–water partition coefficient (Wildman–Crippen LogP) is 5.93. The molecule has 2 amide bonds. The first kappa shape index (κ1) is 33.1. The normalized spacial score (nSPS) is 24.6. The van der Waals surface area contributed by atoms with Crippen LogP contribution in [0.25, 0.3) is 0 Å². The summed E-state index contributed by atoms with van der Waals surface area (Å²) < 4.78 is 18.4. The number of aliphatic hydroxyl groups excluding tert-OH is 1. The van der Waals surface area contributed by atoms with Crippen LogP contribution in [0.15, 0.2) is 97.1 Å². The van der Waals surface area contributed by atoms with Gasteiger partial charge in [-0.3, -0.25) is 14.5 Å². The molecule has 0 unspecified atom stereocenters. The summed E-state index contributed by atoms with van der Waals surface area (Å²) in [5.74, 6) is 0.894. The number of fused-ring (bicyclic) bond motifs is 3. The van der Waals surface area contributed by atoms with Crippen molar-refractivity contribution in [1.29, 1.82) is 0 Å². The van der Waals surface area contributed by atoms with Gasteiger partial charge in [0.25, 0.3) is 5.91 Å². The minimum atomic E-state index is -2.48. The summed E-state index contributed by atoms with van der Waals surface area (Å²) in [6, 6.07) is 31.4. The van der Waals surface area contributed by atoms with Gasteiger partial charge in [0.15, 0.2) is 5.60 Å². The summed E-state index contributed by atoms with van der Waals surface area (Å²) in [6.07, 6.45) is 0.138. The average molecular weight is 677 g/mol. The van der Waals surface area contributed by atoms with Crippen molar-refractivity contribution in [3.63, 3.8) is 0 Å². The van der Waals surface area contributed by atoms with Gasteiger partial charge in [-0.05, 0) is 65.6 Å². The molecule has 0 bridgehead atoms. The molecule has 0 saturated carbocycles. The minimum absolute atomic E-state index is 0.0800. The number of rotatable bonds is 8. The summed E-state index contributed by atoms with van der Waals surface area (Å²) in [6.45, 7) is 7.04. The van der Waals surface area contributed by atoms with Crippen molar-refractivity contribution in [3.05, 3.63) is 114 Å². The van der Waals surface area contributed by atoms with Crippen LogP contribution in [-0.4, -0.2) is 62.9 Å². The molecule has 0 aromatic heterocycles. The van der Waals surface area contributed by atoms with Crippen molar-refractivity contribution in [2.45, 2.75) is 62.7 Å². The number of amides is 2. The third-order valence-electron chi connectivity index (χ3n) is 11.2. The van der Waals surface area contributed by atoms with E-state index in [-0.39, 0.29) is 42.3 Å². The Kier molecular flexibility index (Phi) is 8.63. The lowest BCUT2D eigenvalue weighted by Gasteiger charge is -2.39. The highest BCUT2D eigenvalue weighted by atomic mass is 28.3. The van der Waals surface area contributed by atoms with Crippen LogP contribution in [0.1, 0.15) is 30.0 Å². The summed E-state index contributed by atoms with van der Waals surface area (Å²) in [4.78, 5) is 33.1. The quantitative estimate of drug-likeness (QED) is 0.233. The summed E-state index contributed by atoms with van der Waals surface area (Å²) in [5, 5.41) is 11.6. The number of ether oxygens (including phenoxy) is 3. The predicted molar refractivity (Wildman–Crippen MR) is 192 cm³/mol. The maximum Gasteiger partial charge on any atom is 0.268 e. The zero-order valence-electron chi connectivity index (χ0n) is 28.8. The number of para-hydroxylation sites is 1.